The van der Waals surface area contributed by atoms with Crippen molar-refractivity contribution in [3.05, 3.63) is 46.7 Å². The summed E-state index contributed by atoms with van der Waals surface area (Å²) in [5, 5.41) is 13.6. The highest BCUT2D eigenvalue weighted by Gasteiger charge is 2.33. The molecule has 3 N–H and O–H groups in total. The van der Waals surface area contributed by atoms with E-state index in [4.69, 9.17) is 26.2 Å². The first-order chi connectivity index (χ1) is 17.2. The van der Waals surface area contributed by atoms with Crippen molar-refractivity contribution in [1.82, 2.24) is 20.2 Å². The molecule has 2 aliphatic rings. The minimum Gasteiger partial charge on any atom is -0.483 e. The monoisotopic (exact) mass is 518 g/mol. The molecule has 1 unspecified atom stereocenters. The third kappa shape index (κ3) is 6.61. The number of carbonyl (C=O) groups is 3. The van der Waals surface area contributed by atoms with E-state index in [9.17, 15) is 9.59 Å². The third-order valence-electron chi connectivity index (χ3n) is 5.97. The van der Waals surface area contributed by atoms with E-state index < -0.39 is 12.2 Å². The average Bonchev–Trinajstić information content (AvgIpc) is 2.85. The van der Waals surface area contributed by atoms with Gasteiger partial charge in [0.1, 0.15) is 24.1 Å². The van der Waals surface area contributed by atoms with E-state index in [-0.39, 0.29) is 24.3 Å². The SMILES string of the molecule is CC(C)NC[C@@H](C(=O)N1CCN(c2ncnc3c2C(C)OC(=O)N3)CC1)c1ccc(Cl)cc1.O=CO. The highest BCUT2D eigenvalue weighted by molar-refractivity contribution is 6.30. The molecule has 12 heteroatoms. The zero-order valence-corrected chi connectivity index (χ0v) is 21.2. The molecule has 1 saturated heterocycles. The predicted octanol–water partition coefficient (Wildman–Crippen LogP) is 2.88. The Balaban J connectivity index is 0.00000115. The van der Waals surface area contributed by atoms with E-state index in [2.05, 4.69) is 39.3 Å². The molecule has 1 aromatic heterocycles. The Morgan fingerprint density at radius 3 is 2.50 bits per heavy atom. The number of hydrogen-bond donors (Lipinski definition) is 3. The quantitative estimate of drug-likeness (QED) is 0.493. The van der Waals surface area contributed by atoms with Crippen LogP contribution < -0.4 is 15.5 Å². The first-order valence-corrected chi connectivity index (χ1v) is 12.1. The third-order valence-corrected chi connectivity index (χ3v) is 6.22. The number of fused-ring (bicyclic) bond motifs is 1. The van der Waals surface area contributed by atoms with Crippen molar-refractivity contribution < 1.29 is 24.2 Å². The molecule has 3 heterocycles. The number of aromatic nitrogens is 2. The molecule has 0 saturated carbocycles. The van der Waals surface area contributed by atoms with Crippen LogP contribution in [0.4, 0.5) is 16.4 Å². The van der Waals surface area contributed by atoms with Crippen LogP contribution in [-0.2, 0) is 14.3 Å². The number of ether oxygens (including phenoxy) is 1. The fourth-order valence-corrected chi connectivity index (χ4v) is 4.34. The van der Waals surface area contributed by atoms with E-state index >= 15 is 0 Å². The number of amides is 2. The summed E-state index contributed by atoms with van der Waals surface area (Å²) in [7, 11) is 0. The predicted molar refractivity (Wildman–Crippen MR) is 135 cm³/mol. The fourth-order valence-electron chi connectivity index (χ4n) is 4.21. The number of rotatable bonds is 6. The van der Waals surface area contributed by atoms with Gasteiger partial charge in [-0.25, -0.2) is 14.8 Å². The molecule has 2 amide bonds. The molecule has 0 bridgehead atoms. The van der Waals surface area contributed by atoms with E-state index in [1.165, 1.54) is 6.33 Å². The smallest absolute Gasteiger partial charge is 0.413 e. The average molecular weight is 519 g/mol. The molecule has 36 heavy (non-hydrogen) atoms. The summed E-state index contributed by atoms with van der Waals surface area (Å²) in [4.78, 5) is 46.2. The Morgan fingerprint density at radius 2 is 1.89 bits per heavy atom. The molecule has 2 aromatic rings. The number of anilines is 2. The van der Waals surface area contributed by atoms with Crippen LogP contribution in [-0.4, -0.2) is 77.2 Å². The van der Waals surface area contributed by atoms with Gasteiger partial charge < -0.3 is 25.0 Å². The first-order valence-electron chi connectivity index (χ1n) is 11.7. The van der Waals surface area contributed by atoms with Crippen molar-refractivity contribution in [2.24, 2.45) is 0 Å². The minimum atomic E-state index is -0.515. The molecule has 0 aliphatic carbocycles. The topological polar surface area (TPSA) is 137 Å². The molecular formula is C24H31ClN6O5. The second-order valence-corrected chi connectivity index (χ2v) is 9.15. The second-order valence-electron chi connectivity index (χ2n) is 8.72. The van der Waals surface area contributed by atoms with Crippen molar-refractivity contribution in [3.63, 3.8) is 0 Å². The zero-order valence-electron chi connectivity index (χ0n) is 20.5. The molecule has 4 rings (SSSR count). The summed E-state index contributed by atoms with van der Waals surface area (Å²) in [6.07, 6.45) is 0.484. The van der Waals surface area contributed by atoms with Crippen LogP contribution in [0.1, 0.15) is 43.9 Å². The van der Waals surface area contributed by atoms with Gasteiger partial charge in [0.25, 0.3) is 6.47 Å². The Hall–Kier alpha value is -3.44. The molecule has 2 atom stereocenters. The highest BCUT2D eigenvalue weighted by atomic mass is 35.5. The molecule has 0 spiro atoms. The Morgan fingerprint density at radius 1 is 1.25 bits per heavy atom. The standard InChI is InChI=1S/C23H29ClN6O3.CH2O2/c1-14(2)25-12-18(16-4-6-17(24)7-5-16)22(31)30-10-8-29(9-11-30)21-19-15(3)33-23(32)28-20(19)26-13-27-21;2-1-3/h4-7,13-15,18,25H,8-12H2,1-3H3,(H,26,27,28,32);1H,(H,2,3)/t15?,18-;/m1./s1. The lowest BCUT2D eigenvalue weighted by Crippen LogP contribution is -2.51. The Kier molecular flexibility index (Phi) is 9.43. The van der Waals surface area contributed by atoms with Crippen molar-refractivity contribution >= 4 is 41.7 Å². The van der Waals surface area contributed by atoms with E-state index in [0.29, 0.717) is 43.6 Å². The number of halogens is 1. The second kappa shape index (κ2) is 12.5. The fraction of sp³-hybridized carbons (Fsp3) is 0.458. The van der Waals surface area contributed by atoms with Crippen molar-refractivity contribution in [2.45, 2.75) is 38.8 Å². The van der Waals surface area contributed by atoms with Crippen LogP contribution in [0, 0.1) is 0 Å². The number of benzene rings is 1. The van der Waals surface area contributed by atoms with Crippen LogP contribution in [0.2, 0.25) is 5.02 Å². The van der Waals surface area contributed by atoms with E-state index in [1.807, 2.05) is 36.1 Å². The summed E-state index contributed by atoms with van der Waals surface area (Å²) in [5.74, 6) is 1.02. The largest absolute Gasteiger partial charge is 0.483 e. The highest BCUT2D eigenvalue weighted by Crippen LogP contribution is 2.35. The van der Waals surface area contributed by atoms with Crippen molar-refractivity contribution in [3.8, 4) is 0 Å². The Labute approximate surface area is 214 Å². The summed E-state index contributed by atoms with van der Waals surface area (Å²) in [6, 6.07) is 7.77. The molecule has 1 aromatic carbocycles. The molecule has 2 aliphatic heterocycles. The van der Waals surface area contributed by atoms with Crippen molar-refractivity contribution in [1.29, 1.82) is 0 Å². The van der Waals surface area contributed by atoms with Gasteiger partial charge >= 0.3 is 6.09 Å². The Bertz CT molecular complexity index is 1060. The molecule has 0 radical (unpaired) electrons. The molecule has 194 valence electrons. The first kappa shape index (κ1) is 27.2. The minimum absolute atomic E-state index is 0.0961. The lowest BCUT2D eigenvalue weighted by Gasteiger charge is -2.38. The van der Waals surface area contributed by atoms with Gasteiger partial charge in [0.2, 0.25) is 5.91 Å². The lowest BCUT2D eigenvalue weighted by atomic mass is 9.96. The van der Waals surface area contributed by atoms with Gasteiger partial charge in [-0.2, -0.15) is 0 Å². The summed E-state index contributed by atoms with van der Waals surface area (Å²) >= 11 is 6.06. The van der Waals surface area contributed by atoms with E-state index in [0.717, 1.165) is 16.9 Å². The summed E-state index contributed by atoms with van der Waals surface area (Å²) in [6.45, 7) is 8.65. The number of piperazine rings is 1. The maximum atomic E-state index is 13.5. The lowest BCUT2D eigenvalue weighted by molar-refractivity contribution is -0.133. The normalized spacial score (nSPS) is 17.8. The van der Waals surface area contributed by atoms with Crippen LogP contribution in [0.5, 0.6) is 0 Å². The molecule has 11 nitrogen and oxygen atoms in total. The van der Waals surface area contributed by atoms with Crippen LogP contribution in [0.25, 0.3) is 0 Å². The van der Waals surface area contributed by atoms with Crippen LogP contribution in [0.15, 0.2) is 30.6 Å². The number of carbonyl (C=O) groups excluding carboxylic acids is 2. The molecule has 1 fully saturated rings. The van der Waals surface area contributed by atoms with Crippen molar-refractivity contribution in [2.75, 3.05) is 42.9 Å². The van der Waals surface area contributed by atoms with Gasteiger partial charge in [-0.15, -0.1) is 0 Å². The number of nitrogens with zero attached hydrogens (tertiary/aromatic N) is 4. The van der Waals surface area contributed by atoms with E-state index in [1.54, 1.807) is 0 Å². The maximum absolute atomic E-state index is 13.5. The van der Waals surface area contributed by atoms with Gasteiger partial charge in [0, 0.05) is 43.8 Å². The van der Waals surface area contributed by atoms with Gasteiger partial charge in [-0.05, 0) is 24.6 Å². The summed E-state index contributed by atoms with van der Waals surface area (Å²) in [5.41, 5.74) is 1.71. The zero-order chi connectivity index (χ0) is 26.2. The van der Waals surface area contributed by atoms with Gasteiger partial charge in [-0.1, -0.05) is 37.6 Å². The van der Waals surface area contributed by atoms with Gasteiger partial charge in [-0.3, -0.25) is 14.9 Å². The number of cyclic esters (lactones) is 1. The van der Waals surface area contributed by atoms with Crippen LogP contribution in [0.3, 0.4) is 0 Å². The number of carboxylic acid groups (broad SMARTS) is 1. The summed E-state index contributed by atoms with van der Waals surface area (Å²) < 4.78 is 5.30. The van der Waals surface area contributed by atoms with Gasteiger partial charge in [0.15, 0.2) is 0 Å². The number of nitrogens with one attached hydrogen (secondary N) is 2. The van der Waals surface area contributed by atoms with Crippen LogP contribution >= 0.6 is 11.6 Å². The van der Waals surface area contributed by atoms with Gasteiger partial charge in [0.05, 0.1) is 11.5 Å². The number of hydrogen-bond acceptors (Lipinski definition) is 8. The maximum Gasteiger partial charge on any atom is 0.413 e. The molecular weight excluding hydrogens is 488 g/mol.